The standard InChI is InChI=1S/C14H25N5/c1-5-11(6-2)19(9-10(3)4)13-8-17-12(7-18-13)14(15)16/h7-8,10-11H,5-6,9H2,1-4H3,(H3,15,16). The molecule has 0 unspecified atom stereocenters. The van der Waals surface area contributed by atoms with Gasteiger partial charge in [-0.25, -0.2) is 9.97 Å². The third-order valence-electron chi connectivity index (χ3n) is 3.15. The lowest BCUT2D eigenvalue weighted by Gasteiger charge is -2.32. The molecular formula is C14H25N5. The molecule has 0 radical (unpaired) electrons. The molecule has 1 rings (SSSR count). The number of nitrogens with two attached hydrogens (primary N) is 1. The highest BCUT2D eigenvalue weighted by Gasteiger charge is 2.18. The highest BCUT2D eigenvalue weighted by molar-refractivity contribution is 5.92. The molecule has 0 aliphatic carbocycles. The molecule has 5 nitrogen and oxygen atoms in total. The number of hydrogen-bond donors (Lipinski definition) is 2. The smallest absolute Gasteiger partial charge is 0.147 e. The van der Waals surface area contributed by atoms with E-state index in [1.54, 1.807) is 12.4 Å². The molecule has 0 amide bonds. The summed E-state index contributed by atoms with van der Waals surface area (Å²) in [5, 5.41) is 7.34. The Labute approximate surface area is 115 Å². The lowest BCUT2D eigenvalue weighted by Crippen LogP contribution is -2.38. The number of nitrogens with zero attached hydrogens (tertiary/aromatic N) is 3. The van der Waals surface area contributed by atoms with Crippen molar-refractivity contribution < 1.29 is 0 Å². The molecule has 1 aromatic heterocycles. The van der Waals surface area contributed by atoms with Gasteiger partial charge in [0, 0.05) is 12.6 Å². The largest absolute Gasteiger partial charge is 0.382 e. The van der Waals surface area contributed by atoms with E-state index in [0.29, 0.717) is 17.7 Å². The Bertz CT molecular complexity index is 395. The van der Waals surface area contributed by atoms with Gasteiger partial charge in [-0.1, -0.05) is 27.7 Å². The maximum Gasteiger partial charge on any atom is 0.147 e. The van der Waals surface area contributed by atoms with Gasteiger partial charge >= 0.3 is 0 Å². The van der Waals surface area contributed by atoms with E-state index < -0.39 is 0 Å². The van der Waals surface area contributed by atoms with Crippen LogP contribution in [0, 0.1) is 11.3 Å². The molecule has 0 saturated heterocycles. The number of aromatic nitrogens is 2. The molecule has 106 valence electrons. The fourth-order valence-corrected chi connectivity index (χ4v) is 2.16. The molecule has 0 spiro atoms. The fraction of sp³-hybridized carbons (Fsp3) is 0.643. The maximum absolute atomic E-state index is 7.34. The predicted molar refractivity (Wildman–Crippen MR) is 79.6 cm³/mol. The first-order valence-corrected chi connectivity index (χ1v) is 6.92. The number of hydrogen-bond acceptors (Lipinski definition) is 4. The van der Waals surface area contributed by atoms with Crippen molar-refractivity contribution >= 4 is 11.7 Å². The summed E-state index contributed by atoms with van der Waals surface area (Å²) in [6.45, 7) is 9.75. The second-order valence-corrected chi connectivity index (χ2v) is 5.19. The van der Waals surface area contributed by atoms with Crippen molar-refractivity contribution in [1.29, 1.82) is 5.41 Å². The van der Waals surface area contributed by atoms with Gasteiger partial charge < -0.3 is 10.6 Å². The zero-order valence-corrected chi connectivity index (χ0v) is 12.3. The highest BCUT2D eigenvalue weighted by Crippen LogP contribution is 2.19. The van der Waals surface area contributed by atoms with Gasteiger partial charge in [-0.05, 0) is 18.8 Å². The molecule has 5 heteroatoms. The second-order valence-electron chi connectivity index (χ2n) is 5.19. The molecule has 0 aromatic carbocycles. The number of anilines is 1. The van der Waals surface area contributed by atoms with Crippen molar-refractivity contribution in [3.63, 3.8) is 0 Å². The Kier molecular flexibility index (Phi) is 5.73. The van der Waals surface area contributed by atoms with E-state index in [0.717, 1.165) is 25.2 Å². The van der Waals surface area contributed by atoms with Crippen LogP contribution in [0.25, 0.3) is 0 Å². The van der Waals surface area contributed by atoms with E-state index in [9.17, 15) is 0 Å². The van der Waals surface area contributed by atoms with Crippen molar-refractivity contribution in [2.45, 2.75) is 46.6 Å². The van der Waals surface area contributed by atoms with Crippen LogP contribution < -0.4 is 10.6 Å². The summed E-state index contributed by atoms with van der Waals surface area (Å²) >= 11 is 0. The summed E-state index contributed by atoms with van der Waals surface area (Å²) in [6, 6.07) is 0.472. The monoisotopic (exact) mass is 263 g/mol. The van der Waals surface area contributed by atoms with E-state index in [1.807, 2.05) is 0 Å². The second kappa shape index (κ2) is 7.07. The summed E-state index contributed by atoms with van der Waals surface area (Å²) in [5.41, 5.74) is 5.83. The summed E-state index contributed by atoms with van der Waals surface area (Å²) in [7, 11) is 0. The van der Waals surface area contributed by atoms with Gasteiger partial charge in [0.15, 0.2) is 0 Å². The quantitative estimate of drug-likeness (QED) is 0.585. The van der Waals surface area contributed by atoms with Gasteiger partial charge in [0.25, 0.3) is 0 Å². The van der Waals surface area contributed by atoms with E-state index in [2.05, 4.69) is 42.6 Å². The molecule has 0 aliphatic rings. The van der Waals surface area contributed by atoms with Gasteiger partial charge in [-0.2, -0.15) is 0 Å². The Morgan fingerprint density at radius 1 is 1.26 bits per heavy atom. The minimum absolute atomic E-state index is 0.0445. The number of amidine groups is 1. The molecule has 0 bridgehead atoms. The molecule has 0 atom stereocenters. The molecule has 0 saturated carbocycles. The molecule has 19 heavy (non-hydrogen) atoms. The first-order chi connectivity index (χ1) is 8.99. The average Bonchev–Trinajstić information content (AvgIpc) is 2.38. The topological polar surface area (TPSA) is 78.9 Å². The Hall–Kier alpha value is -1.65. The highest BCUT2D eigenvalue weighted by atomic mass is 15.2. The number of rotatable bonds is 7. The first kappa shape index (κ1) is 15.4. The van der Waals surface area contributed by atoms with E-state index in [-0.39, 0.29) is 5.84 Å². The van der Waals surface area contributed by atoms with E-state index in [4.69, 9.17) is 11.1 Å². The molecule has 1 aromatic rings. The normalized spacial score (nSPS) is 11.1. The van der Waals surface area contributed by atoms with E-state index in [1.165, 1.54) is 0 Å². The van der Waals surface area contributed by atoms with Gasteiger partial charge in [-0.3, -0.25) is 5.41 Å². The number of nitrogen functional groups attached to an aromatic ring is 1. The van der Waals surface area contributed by atoms with Crippen LogP contribution in [0.3, 0.4) is 0 Å². The lowest BCUT2D eigenvalue weighted by molar-refractivity contribution is 0.503. The zero-order chi connectivity index (χ0) is 14.4. The van der Waals surface area contributed by atoms with Crippen LogP contribution in [0.5, 0.6) is 0 Å². The molecule has 1 heterocycles. The predicted octanol–water partition coefficient (Wildman–Crippen LogP) is 2.41. The Morgan fingerprint density at radius 2 is 1.89 bits per heavy atom. The van der Waals surface area contributed by atoms with Crippen molar-refractivity contribution in [3.8, 4) is 0 Å². The Balaban J connectivity index is 2.99. The minimum Gasteiger partial charge on any atom is -0.382 e. The van der Waals surface area contributed by atoms with Crippen molar-refractivity contribution in [2.24, 2.45) is 11.7 Å². The summed E-state index contributed by atoms with van der Waals surface area (Å²) in [4.78, 5) is 10.9. The van der Waals surface area contributed by atoms with Gasteiger partial charge in [-0.15, -0.1) is 0 Å². The summed E-state index contributed by atoms with van der Waals surface area (Å²) in [5.74, 6) is 1.39. The van der Waals surface area contributed by atoms with Crippen LogP contribution in [0.1, 0.15) is 46.2 Å². The fourth-order valence-electron chi connectivity index (χ4n) is 2.16. The van der Waals surface area contributed by atoms with Crippen LogP contribution in [-0.2, 0) is 0 Å². The van der Waals surface area contributed by atoms with Crippen molar-refractivity contribution in [2.75, 3.05) is 11.4 Å². The van der Waals surface area contributed by atoms with Crippen LogP contribution in [-0.4, -0.2) is 28.4 Å². The third-order valence-corrected chi connectivity index (χ3v) is 3.15. The zero-order valence-electron chi connectivity index (χ0n) is 12.3. The van der Waals surface area contributed by atoms with Gasteiger partial charge in [0.05, 0.1) is 12.4 Å². The van der Waals surface area contributed by atoms with E-state index >= 15 is 0 Å². The van der Waals surface area contributed by atoms with Gasteiger partial charge in [0.2, 0.25) is 0 Å². The third kappa shape index (κ3) is 4.19. The van der Waals surface area contributed by atoms with Crippen LogP contribution in [0.15, 0.2) is 12.4 Å². The number of nitrogens with one attached hydrogen (secondary N) is 1. The van der Waals surface area contributed by atoms with Gasteiger partial charge in [0.1, 0.15) is 17.3 Å². The average molecular weight is 263 g/mol. The lowest BCUT2D eigenvalue weighted by atomic mass is 10.1. The van der Waals surface area contributed by atoms with Crippen molar-refractivity contribution in [1.82, 2.24) is 9.97 Å². The maximum atomic E-state index is 7.34. The SMILES string of the molecule is CCC(CC)N(CC(C)C)c1cnc(C(=N)N)cn1. The summed E-state index contributed by atoms with van der Waals surface area (Å²) in [6.07, 6.45) is 5.46. The molecule has 0 aliphatic heterocycles. The first-order valence-electron chi connectivity index (χ1n) is 6.92. The van der Waals surface area contributed by atoms with Crippen molar-refractivity contribution in [3.05, 3.63) is 18.1 Å². The molecular weight excluding hydrogens is 238 g/mol. The molecule has 3 N–H and O–H groups in total. The van der Waals surface area contributed by atoms with Crippen LogP contribution in [0.2, 0.25) is 0 Å². The minimum atomic E-state index is -0.0445. The van der Waals surface area contributed by atoms with Crippen LogP contribution >= 0.6 is 0 Å². The summed E-state index contributed by atoms with van der Waals surface area (Å²) < 4.78 is 0. The molecule has 0 fully saturated rings. The van der Waals surface area contributed by atoms with Crippen LogP contribution in [0.4, 0.5) is 5.82 Å². The Morgan fingerprint density at radius 3 is 2.26 bits per heavy atom.